The van der Waals surface area contributed by atoms with Gasteiger partial charge in [0.15, 0.2) is 0 Å². The molecule has 94 valence electrons. The van der Waals surface area contributed by atoms with Crippen molar-refractivity contribution in [3.63, 3.8) is 0 Å². The summed E-state index contributed by atoms with van der Waals surface area (Å²) in [6.07, 6.45) is -2.70. The quantitative estimate of drug-likeness (QED) is 0.795. The highest BCUT2D eigenvalue weighted by Gasteiger charge is 2.35. The molecule has 1 fully saturated rings. The first-order chi connectivity index (χ1) is 7.98. The minimum Gasteiger partial charge on any atom is -0.314 e. The van der Waals surface area contributed by atoms with E-state index < -0.39 is 11.7 Å². The molecule has 0 spiro atoms. The van der Waals surface area contributed by atoms with Crippen molar-refractivity contribution in [2.75, 3.05) is 6.54 Å². The molecule has 1 N–H and O–H groups in total. The average Bonchev–Trinajstić information content (AvgIpc) is 2.28. The molecule has 0 amide bonds. The Morgan fingerprint density at radius 2 is 1.94 bits per heavy atom. The zero-order chi connectivity index (χ0) is 12.5. The largest absolute Gasteiger partial charge is 0.416 e. The van der Waals surface area contributed by atoms with Crippen LogP contribution in [0.2, 0.25) is 0 Å². The van der Waals surface area contributed by atoms with Crippen LogP contribution in [0.5, 0.6) is 0 Å². The monoisotopic (exact) mass is 243 g/mol. The van der Waals surface area contributed by atoms with Crippen LogP contribution in [0.25, 0.3) is 0 Å². The van der Waals surface area contributed by atoms with Gasteiger partial charge < -0.3 is 5.32 Å². The van der Waals surface area contributed by atoms with Crippen molar-refractivity contribution < 1.29 is 13.2 Å². The van der Waals surface area contributed by atoms with Crippen LogP contribution in [0.4, 0.5) is 13.2 Å². The highest BCUT2D eigenvalue weighted by atomic mass is 19.4. The number of alkyl halides is 3. The van der Waals surface area contributed by atoms with Gasteiger partial charge in [0.1, 0.15) is 0 Å². The highest BCUT2D eigenvalue weighted by molar-refractivity contribution is 5.33. The lowest BCUT2D eigenvalue weighted by atomic mass is 9.84. The molecule has 17 heavy (non-hydrogen) atoms. The molecule has 2 unspecified atom stereocenters. The third kappa shape index (κ3) is 2.80. The summed E-state index contributed by atoms with van der Waals surface area (Å²) in [6.45, 7) is 2.81. The topological polar surface area (TPSA) is 12.0 Å². The number of nitrogens with one attached hydrogen (secondary N) is 1. The summed E-state index contributed by atoms with van der Waals surface area (Å²) in [5, 5.41) is 3.26. The smallest absolute Gasteiger partial charge is 0.314 e. The van der Waals surface area contributed by atoms with E-state index >= 15 is 0 Å². The van der Waals surface area contributed by atoms with Gasteiger partial charge in [0, 0.05) is 6.04 Å². The van der Waals surface area contributed by atoms with Gasteiger partial charge in [-0.2, -0.15) is 13.2 Å². The third-order valence-electron chi connectivity index (χ3n) is 3.33. The normalized spacial score (nSPS) is 25.9. The molecule has 0 saturated carbocycles. The maximum absolute atomic E-state index is 12.9. The lowest BCUT2D eigenvalue weighted by Gasteiger charge is -2.30. The van der Waals surface area contributed by atoms with Gasteiger partial charge in [-0.3, -0.25) is 0 Å². The molecule has 4 heteroatoms. The van der Waals surface area contributed by atoms with Crippen molar-refractivity contribution in [2.45, 2.75) is 37.9 Å². The van der Waals surface area contributed by atoms with E-state index in [0.29, 0.717) is 5.56 Å². The number of halogens is 3. The lowest BCUT2D eigenvalue weighted by molar-refractivity contribution is -0.138. The van der Waals surface area contributed by atoms with Crippen LogP contribution in [0, 0.1) is 0 Å². The molecule has 2 rings (SSSR count). The van der Waals surface area contributed by atoms with E-state index in [2.05, 4.69) is 5.32 Å². The van der Waals surface area contributed by atoms with Crippen molar-refractivity contribution in [3.8, 4) is 0 Å². The van der Waals surface area contributed by atoms with Crippen molar-refractivity contribution in [1.82, 2.24) is 5.32 Å². The first-order valence-electron chi connectivity index (χ1n) is 5.88. The summed E-state index contributed by atoms with van der Waals surface area (Å²) in [5.41, 5.74) is -0.0209. The minimum absolute atomic E-state index is 0.0177. The van der Waals surface area contributed by atoms with Crippen LogP contribution in [0.1, 0.15) is 36.8 Å². The summed E-state index contributed by atoms with van der Waals surface area (Å²) in [5.74, 6) is 0.0177. The van der Waals surface area contributed by atoms with Crippen LogP contribution in [-0.2, 0) is 6.18 Å². The zero-order valence-corrected chi connectivity index (χ0v) is 9.72. The van der Waals surface area contributed by atoms with Crippen molar-refractivity contribution in [3.05, 3.63) is 35.4 Å². The van der Waals surface area contributed by atoms with Gasteiger partial charge in [-0.05, 0) is 43.9 Å². The van der Waals surface area contributed by atoms with Crippen LogP contribution < -0.4 is 5.32 Å². The SMILES string of the molecule is CC1CC(c2ccccc2C(F)(F)F)CCN1. The van der Waals surface area contributed by atoms with Gasteiger partial charge in [-0.15, -0.1) is 0 Å². The van der Waals surface area contributed by atoms with E-state index in [0.717, 1.165) is 19.4 Å². The van der Waals surface area contributed by atoms with E-state index in [4.69, 9.17) is 0 Å². The Bertz CT molecular complexity index is 386. The van der Waals surface area contributed by atoms with E-state index in [9.17, 15) is 13.2 Å². The fourth-order valence-electron chi connectivity index (χ4n) is 2.53. The molecular weight excluding hydrogens is 227 g/mol. The molecule has 0 radical (unpaired) electrons. The summed E-state index contributed by atoms with van der Waals surface area (Å²) in [6, 6.07) is 6.23. The second-order valence-corrected chi connectivity index (χ2v) is 4.66. The molecule has 0 aromatic heterocycles. The van der Waals surface area contributed by atoms with Gasteiger partial charge in [0.2, 0.25) is 0 Å². The molecule has 2 atom stereocenters. The number of benzene rings is 1. The molecule has 1 saturated heterocycles. The van der Waals surface area contributed by atoms with Gasteiger partial charge in [-0.1, -0.05) is 18.2 Å². The van der Waals surface area contributed by atoms with E-state index in [1.165, 1.54) is 12.1 Å². The standard InChI is InChI=1S/C13H16F3N/c1-9-8-10(6-7-17-9)11-4-2-3-5-12(11)13(14,15)16/h2-5,9-10,17H,6-8H2,1H3. The second kappa shape index (κ2) is 4.69. The van der Waals surface area contributed by atoms with Gasteiger partial charge in [-0.25, -0.2) is 0 Å². The second-order valence-electron chi connectivity index (χ2n) is 4.66. The van der Waals surface area contributed by atoms with Gasteiger partial charge >= 0.3 is 6.18 Å². The summed E-state index contributed by atoms with van der Waals surface area (Å²) in [7, 11) is 0. The van der Waals surface area contributed by atoms with E-state index in [1.807, 2.05) is 6.92 Å². The predicted octanol–water partition coefficient (Wildman–Crippen LogP) is 3.56. The molecule has 0 bridgehead atoms. The molecule has 0 aliphatic carbocycles. The Kier molecular flexibility index (Phi) is 3.43. The summed E-state index contributed by atoms with van der Waals surface area (Å²) >= 11 is 0. The maximum atomic E-state index is 12.9. The number of hydrogen-bond acceptors (Lipinski definition) is 1. The fraction of sp³-hybridized carbons (Fsp3) is 0.538. The van der Waals surface area contributed by atoms with Crippen molar-refractivity contribution in [1.29, 1.82) is 0 Å². The van der Waals surface area contributed by atoms with E-state index in [-0.39, 0.29) is 12.0 Å². The van der Waals surface area contributed by atoms with Gasteiger partial charge in [0.25, 0.3) is 0 Å². The van der Waals surface area contributed by atoms with Crippen LogP contribution in [0.3, 0.4) is 0 Å². The first kappa shape index (κ1) is 12.4. The van der Waals surface area contributed by atoms with Crippen molar-refractivity contribution >= 4 is 0 Å². The summed E-state index contributed by atoms with van der Waals surface area (Å²) in [4.78, 5) is 0. The molecule has 1 aliphatic rings. The molecule has 1 aliphatic heterocycles. The van der Waals surface area contributed by atoms with Gasteiger partial charge in [0.05, 0.1) is 5.56 Å². The molecule has 1 aromatic carbocycles. The average molecular weight is 243 g/mol. The molecule has 1 nitrogen and oxygen atoms in total. The van der Waals surface area contributed by atoms with E-state index in [1.54, 1.807) is 12.1 Å². The number of piperidine rings is 1. The van der Waals surface area contributed by atoms with Crippen LogP contribution >= 0.6 is 0 Å². The zero-order valence-electron chi connectivity index (χ0n) is 9.72. The van der Waals surface area contributed by atoms with Crippen LogP contribution in [-0.4, -0.2) is 12.6 Å². The Labute approximate surface area is 99.0 Å². The molecule has 1 aromatic rings. The Hall–Kier alpha value is -1.03. The number of rotatable bonds is 1. The number of hydrogen-bond donors (Lipinski definition) is 1. The molecule has 1 heterocycles. The fourth-order valence-corrected chi connectivity index (χ4v) is 2.53. The molecular formula is C13H16F3N. The lowest BCUT2D eigenvalue weighted by Crippen LogP contribution is -2.35. The maximum Gasteiger partial charge on any atom is 0.416 e. The first-order valence-corrected chi connectivity index (χ1v) is 5.88. The predicted molar refractivity (Wildman–Crippen MR) is 60.9 cm³/mol. The third-order valence-corrected chi connectivity index (χ3v) is 3.33. The Balaban J connectivity index is 2.31. The van der Waals surface area contributed by atoms with Crippen molar-refractivity contribution in [2.24, 2.45) is 0 Å². The summed E-state index contributed by atoms with van der Waals surface area (Å²) < 4.78 is 38.7. The highest BCUT2D eigenvalue weighted by Crippen LogP contribution is 2.38. The minimum atomic E-state index is -4.25. The Morgan fingerprint density at radius 1 is 1.24 bits per heavy atom. The van der Waals surface area contributed by atoms with Crippen LogP contribution in [0.15, 0.2) is 24.3 Å². The Morgan fingerprint density at radius 3 is 2.59 bits per heavy atom.